The van der Waals surface area contributed by atoms with E-state index in [4.69, 9.17) is 5.11 Å². The molecule has 0 fully saturated rings. The molecule has 0 bridgehead atoms. The van der Waals surface area contributed by atoms with Crippen molar-refractivity contribution in [2.24, 2.45) is 0 Å². The molecule has 9 heteroatoms. The van der Waals surface area contributed by atoms with E-state index < -0.39 is 62.6 Å². The molecule has 3 aromatic rings. The van der Waals surface area contributed by atoms with Gasteiger partial charge in [0.1, 0.15) is 5.56 Å². The molecule has 2 aromatic carbocycles. The third-order valence-electron chi connectivity index (χ3n) is 3.55. The molecule has 0 unspecified atom stereocenters. The lowest BCUT2D eigenvalue weighted by atomic mass is 10.1. The smallest absolute Gasteiger partial charge is 0.341 e. The summed E-state index contributed by atoms with van der Waals surface area (Å²) in [5.74, 6) is -10.1. The molecule has 128 valence electrons. The summed E-state index contributed by atoms with van der Waals surface area (Å²) in [6.07, 6.45) is 0.519. The first-order chi connectivity index (χ1) is 11.7. The number of fused-ring (bicyclic) bond motifs is 1. The molecule has 0 aliphatic rings. The molecule has 0 saturated carbocycles. The molecule has 1 heterocycles. The number of carbonyl (C=O) groups is 1. The molecule has 0 amide bonds. The number of hydrogen-bond donors (Lipinski definition) is 1. The summed E-state index contributed by atoms with van der Waals surface area (Å²) in [5.41, 5.74) is -3.86. The molecule has 1 N–H and O–H groups in total. The largest absolute Gasteiger partial charge is 0.477 e. The number of nitrogens with zero attached hydrogens (tertiary/aromatic N) is 1. The van der Waals surface area contributed by atoms with Crippen molar-refractivity contribution in [3.8, 4) is 5.69 Å². The van der Waals surface area contributed by atoms with E-state index in [1.54, 1.807) is 0 Å². The Labute approximate surface area is 135 Å². The minimum Gasteiger partial charge on any atom is -0.477 e. The minimum atomic E-state index is -1.94. The van der Waals surface area contributed by atoms with Crippen LogP contribution in [0.15, 0.2) is 35.3 Å². The molecule has 3 rings (SSSR count). The van der Waals surface area contributed by atoms with E-state index in [0.29, 0.717) is 16.8 Å². The Morgan fingerprint density at radius 3 is 2.28 bits per heavy atom. The van der Waals surface area contributed by atoms with Crippen molar-refractivity contribution >= 4 is 16.9 Å². The number of hydrogen-bond acceptors (Lipinski definition) is 2. The molecular formula is C16H6F5NO3. The highest BCUT2D eigenvalue weighted by Crippen LogP contribution is 2.26. The van der Waals surface area contributed by atoms with Crippen LogP contribution >= 0.6 is 0 Å². The van der Waals surface area contributed by atoms with Gasteiger partial charge in [0.05, 0.1) is 16.6 Å². The maximum absolute atomic E-state index is 14.2. The van der Waals surface area contributed by atoms with Crippen molar-refractivity contribution in [3.63, 3.8) is 0 Å². The Balaban J connectivity index is 2.60. The van der Waals surface area contributed by atoms with Crippen LogP contribution in [0, 0.1) is 29.1 Å². The van der Waals surface area contributed by atoms with Gasteiger partial charge in [-0.3, -0.25) is 4.79 Å². The third kappa shape index (κ3) is 2.44. The number of halogens is 5. The van der Waals surface area contributed by atoms with E-state index in [-0.39, 0.29) is 0 Å². The SMILES string of the molecule is O=C(O)c1cn(-c2cccc(F)c2F)c2c(F)c(F)c(F)cc2c1=O. The fourth-order valence-corrected chi connectivity index (χ4v) is 2.41. The van der Waals surface area contributed by atoms with Crippen LogP contribution in [0.1, 0.15) is 10.4 Å². The predicted octanol–water partition coefficient (Wildman–Crippen LogP) is 3.38. The zero-order valence-corrected chi connectivity index (χ0v) is 12.0. The number of aromatic nitrogens is 1. The fourth-order valence-electron chi connectivity index (χ4n) is 2.41. The van der Waals surface area contributed by atoms with Gasteiger partial charge < -0.3 is 9.67 Å². The lowest BCUT2D eigenvalue weighted by Crippen LogP contribution is -2.20. The van der Waals surface area contributed by atoms with Crippen molar-refractivity contribution in [1.29, 1.82) is 0 Å². The predicted molar refractivity (Wildman–Crippen MR) is 76.3 cm³/mol. The molecule has 1 aromatic heterocycles. The topological polar surface area (TPSA) is 59.3 Å². The highest BCUT2D eigenvalue weighted by molar-refractivity contribution is 5.93. The van der Waals surface area contributed by atoms with Gasteiger partial charge in [-0.25, -0.2) is 26.7 Å². The fraction of sp³-hybridized carbons (Fsp3) is 0. The van der Waals surface area contributed by atoms with E-state index in [2.05, 4.69) is 0 Å². The van der Waals surface area contributed by atoms with E-state index in [0.717, 1.165) is 18.2 Å². The molecule has 0 aliphatic carbocycles. The van der Waals surface area contributed by atoms with Crippen LogP contribution in [0.25, 0.3) is 16.6 Å². The van der Waals surface area contributed by atoms with Gasteiger partial charge in [-0.05, 0) is 18.2 Å². The van der Waals surface area contributed by atoms with E-state index in [1.165, 1.54) is 0 Å². The molecular weight excluding hydrogens is 349 g/mol. The van der Waals surface area contributed by atoms with Gasteiger partial charge in [-0.1, -0.05) is 6.07 Å². The van der Waals surface area contributed by atoms with Gasteiger partial charge in [0.15, 0.2) is 29.1 Å². The second kappa shape index (κ2) is 5.69. The average Bonchev–Trinajstić information content (AvgIpc) is 2.56. The molecule has 25 heavy (non-hydrogen) atoms. The number of aromatic carboxylic acids is 1. The number of carboxylic acid groups (broad SMARTS) is 1. The Kier molecular flexibility index (Phi) is 3.78. The molecule has 0 saturated heterocycles. The average molecular weight is 355 g/mol. The normalized spacial score (nSPS) is 11.1. The minimum absolute atomic E-state index is 0.302. The number of benzene rings is 2. The number of rotatable bonds is 2. The molecule has 0 radical (unpaired) electrons. The van der Waals surface area contributed by atoms with Crippen LogP contribution in [-0.2, 0) is 0 Å². The van der Waals surface area contributed by atoms with E-state index in [1.807, 2.05) is 0 Å². The number of pyridine rings is 1. The van der Waals surface area contributed by atoms with E-state index in [9.17, 15) is 31.5 Å². The monoisotopic (exact) mass is 355 g/mol. The standard InChI is InChI=1S/C16H6F5NO3/c17-8-2-1-3-10(11(8)19)22-5-7(16(24)25)15(23)6-4-9(18)12(20)13(21)14(6)22/h1-5H,(H,24,25). The van der Waals surface area contributed by atoms with Crippen LogP contribution in [0.4, 0.5) is 22.0 Å². The van der Waals surface area contributed by atoms with Crippen LogP contribution < -0.4 is 5.43 Å². The second-order valence-corrected chi connectivity index (χ2v) is 5.00. The summed E-state index contributed by atoms with van der Waals surface area (Å²) in [4.78, 5) is 23.3. The van der Waals surface area contributed by atoms with Gasteiger partial charge in [0.25, 0.3) is 0 Å². The Bertz CT molecular complexity index is 1110. The van der Waals surface area contributed by atoms with Gasteiger partial charge in [-0.2, -0.15) is 0 Å². The molecule has 0 spiro atoms. The Morgan fingerprint density at radius 1 is 0.960 bits per heavy atom. The highest BCUT2D eigenvalue weighted by atomic mass is 19.2. The van der Waals surface area contributed by atoms with Crippen LogP contribution in [0.5, 0.6) is 0 Å². The van der Waals surface area contributed by atoms with Crippen molar-refractivity contribution in [2.45, 2.75) is 0 Å². The summed E-state index contributed by atoms with van der Waals surface area (Å²) in [6, 6.07) is 3.04. The zero-order valence-electron chi connectivity index (χ0n) is 12.0. The summed E-state index contributed by atoms with van der Waals surface area (Å²) < 4.78 is 69.2. The lowest BCUT2D eigenvalue weighted by Gasteiger charge is -2.14. The number of carboxylic acids is 1. The molecule has 0 aliphatic heterocycles. The first-order valence-corrected chi connectivity index (χ1v) is 6.64. The summed E-state index contributed by atoms with van der Waals surface area (Å²) in [7, 11) is 0. The zero-order chi connectivity index (χ0) is 18.5. The van der Waals surface area contributed by atoms with Crippen molar-refractivity contribution < 1.29 is 31.9 Å². The summed E-state index contributed by atoms with van der Waals surface area (Å²) in [6.45, 7) is 0. The molecule has 0 atom stereocenters. The van der Waals surface area contributed by atoms with Crippen LogP contribution in [-0.4, -0.2) is 15.6 Å². The summed E-state index contributed by atoms with van der Waals surface area (Å²) >= 11 is 0. The maximum atomic E-state index is 14.2. The van der Waals surface area contributed by atoms with Gasteiger partial charge in [0, 0.05) is 6.20 Å². The summed E-state index contributed by atoms with van der Waals surface area (Å²) in [5, 5.41) is 8.24. The first-order valence-electron chi connectivity index (χ1n) is 6.64. The first kappa shape index (κ1) is 16.6. The van der Waals surface area contributed by atoms with Gasteiger partial charge >= 0.3 is 5.97 Å². The van der Waals surface area contributed by atoms with Gasteiger partial charge in [-0.15, -0.1) is 0 Å². The Morgan fingerprint density at radius 2 is 1.64 bits per heavy atom. The van der Waals surface area contributed by atoms with Gasteiger partial charge in [0.2, 0.25) is 5.43 Å². The highest BCUT2D eigenvalue weighted by Gasteiger charge is 2.24. The third-order valence-corrected chi connectivity index (χ3v) is 3.55. The maximum Gasteiger partial charge on any atom is 0.341 e. The quantitative estimate of drug-likeness (QED) is 0.566. The lowest BCUT2D eigenvalue weighted by molar-refractivity contribution is 0.0695. The van der Waals surface area contributed by atoms with Crippen molar-refractivity contribution in [2.75, 3.05) is 0 Å². The van der Waals surface area contributed by atoms with Crippen LogP contribution in [0.3, 0.4) is 0 Å². The van der Waals surface area contributed by atoms with E-state index >= 15 is 0 Å². The second-order valence-electron chi connectivity index (χ2n) is 5.00. The van der Waals surface area contributed by atoms with Crippen LogP contribution in [0.2, 0.25) is 0 Å². The molecule has 4 nitrogen and oxygen atoms in total. The van der Waals surface area contributed by atoms with Crippen molar-refractivity contribution in [1.82, 2.24) is 4.57 Å². The Hall–Kier alpha value is -3.23. The van der Waals surface area contributed by atoms with Crippen molar-refractivity contribution in [3.05, 3.63) is 75.3 Å².